The SMILES string of the molecule is O=C(C=C(O)c1ccccc1)c1ccccc1.O=C(C=C(O)c1ccccc1)c1ccccc1.O=C(C=C(O)c1ccccc1)c1ccccc1.[Fe+3]. The van der Waals surface area contributed by atoms with Crippen molar-refractivity contribution in [1.82, 2.24) is 0 Å². The topological polar surface area (TPSA) is 112 Å². The number of aliphatic hydroxyl groups is 3. The van der Waals surface area contributed by atoms with E-state index in [0.717, 1.165) is 0 Å². The molecule has 6 aromatic rings. The first-order valence-corrected chi connectivity index (χ1v) is 16.0. The van der Waals surface area contributed by atoms with E-state index in [1.807, 2.05) is 72.8 Å². The zero-order valence-corrected chi connectivity index (χ0v) is 29.1. The summed E-state index contributed by atoms with van der Waals surface area (Å²) in [6, 6.07) is 53.6. The zero-order valence-electron chi connectivity index (χ0n) is 28.0. The van der Waals surface area contributed by atoms with Crippen LogP contribution in [-0.4, -0.2) is 32.7 Å². The molecule has 0 amide bonds. The van der Waals surface area contributed by atoms with Gasteiger partial charge in [-0.3, -0.25) is 14.4 Å². The fourth-order valence-electron chi connectivity index (χ4n) is 4.51. The van der Waals surface area contributed by atoms with Crippen LogP contribution in [0, 0.1) is 0 Å². The summed E-state index contributed by atoms with van der Waals surface area (Å²) in [5.41, 5.74) is 3.60. The second kappa shape index (κ2) is 21.5. The minimum absolute atomic E-state index is 0. The van der Waals surface area contributed by atoms with Crippen LogP contribution < -0.4 is 0 Å². The number of allylic oxidation sites excluding steroid dienone is 3. The molecule has 6 rings (SSSR count). The molecule has 0 aliphatic rings. The van der Waals surface area contributed by atoms with Crippen LogP contribution in [0.2, 0.25) is 0 Å². The van der Waals surface area contributed by atoms with Crippen molar-refractivity contribution in [2.24, 2.45) is 0 Å². The van der Waals surface area contributed by atoms with Gasteiger partial charge in [-0.05, 0) is 0 Å². The summed E-state index contributed by atoms with van der Waals surface area (Å²) in [5.74, 6) is -0.649. The third-order valence-corrected chi connectivity index (χ3v) is 7.19. The summed E-state index contributed by atoms with van der Waals surface area (Å²) in [6.07, 6.45) is 3.72. The van der Waals surface area contributed by atoms with E-state index in [2.05, 4.69) is 0 Å². The molecular formula is C45H36FeO6+3. The molecule has 0 heterocycles. The largest absolute Gasteiger partial charge is 3.00 e. The first kappa shape index (κ1) is 39.9. The van der Waals surface area contributed by atoms with Crippen molar-refractivity contribution in [3.8, 4) is 0 Å². The van der Waals surface area contributed by atoms with Gasteiger partial charge in [0.25, 0.3) is 0 Å². The standard InChI is InChI=1S/3C15H12O2.Fe/c3*16-14(12-7-3-1-4-8-12)11-15(17)13-9-5-2-6-10-13;/h3*1-11,16H;/q;;;+3. The van der Waals surface area contributed by atoms with Crippen LogP contribution in [0.4, 0.5) is 0 Å². The minimum atomic E-state index is -0.202. The molecule has 257 valence electrons. The molecule has 6 aromatic carbocycles. The van der Waals surface area contributed by atoms with Crippen molar-refractivity contribution < 1.29 is 46.8 Å². The number of carbonyl (C=O) groups excluding carboxylic acids is 3. The van der Waals surface area contributed by atoms with E-state index in [9.17, 15) is 29.7 Å². The maximum atomic E-state index is 11.8. The Morgan fingerprint density at radius 3 is 0.615 bits per heavy atom. The first-order chi connectivity index (χ1) is 24.8. The van der Waals surface area contributed by atoms with Gasteiger partial charge in [0.15, 0.2) is 17.3 Å². The van der Waals surface area contributed by atoms with Crippen LogP contribution in [0.3, 0.4) is 0 Å². The van der Waals surface area contributed by atoms with Crippen LogP contribution >= 0.6 is 0 Å². The quantitative estimate of drug-likeness (QED) is 0.0591. The van der Waals surface area contributed by atoms with Crippen LogP contribution in [0.5, 0.6) is 0 Å². The second-order valence-electron chi connectivity index (χ2n) is 10.9. The molecule has 0 aliphatic heterocycles. The second-order valence-corrected chi connectivity index (χ2v) is 10.9. The van der Waals surface area contributed by atoms with Gasteiger partial charge in [-0.15, -0.1) is 0 Å². The molecule has 0 fully saturated rings. The fraction of sp³-hybridized carbons (Fsp3) is 0. The maximum Gasteiger partial charge on any atom is 3.00 e. The summed E-state index contributed by atoms with van der Waals surface area (Å²) < 4.78 is 0. The average Bonchev–Trinajstić information content (AvgIpc) is 3.20. The summed E-state index contributed by atoms with van der Waals surface area (Å²) in [7, 11) is 0. The summed E-state index contributed by atoms with van der Waals surface area (Å²) in [5, 5.41) is 29.4. The van der Waals surface area contributed by atoms with E-state index in [0.29, 0.717) is 33.4 Å². The van der Waals surface area contributed by atoms with E-state index in [4.69, 9.17) is 0 Å². The van der Waals surface area contributed by atoms with Gasteiger partial charge in [-0.25, -0.2) is 0 Å². The Morgan fingerprint density at radius 2 is 0.442 bits per heavy atom. The Balaban J connectivity index is 0.000000208. The van der Waals surface area contributed by atoms with Crippen molar-refractivity contribution in [2.75, 3.05) is 0 Å². The normalized spacial score (nSPS) is 11.0. The van der Waals surface area contributed by atoms with Crippen molar-refractivity contribution >= 4 is 34.6 Å². The molecule has 0 atom stereocenters. The summed E-state index contributed by atoms with van der Waals surface area (Å²) in [6.45, 7) is 0. The number of hydrogen-bond acceptors (Lipinski definition) is 6. The van der Waals surface area contributed by atoms with E-state index >= 15 is 0 Å². The van der Waals surface area contributed by atoms with E-state index in [1.54, 1.807) is 109 Å². The van der Waals surface area contributed by atoms with Gasteiger partial charge in [0.1, 0.15) is 17.3 Å². The van der Waals surface area contributed by atoms with Gasteiger partial charge in [0.2, 0.25) is 0 Å². The Morgan fingerprint density at radius 1 is 0.288 bits per heavy atom. The van der Waals surface area contributed by atoms with E-state index in [1.165, 1.54) is 18.2 Å². The molecule has 7 heteroatoms. The molecule has 0 aromatic heterocycles. The first-order valence-electron chi connectivity index (χ1n) is 16.0. The van der Waals surface area contributed by atoms with Crippen LogP contribution in [0.15, 0.2) is 200 Å². The monoisotopic (exact) mass is 728 g/mol. The predicted molar refractivity (Wildman–Crippen MR) is 203 cm³/mol. The summed E-state index contributed by atoms with van der Waals surface area (Å²) >= 11 is 0. The third kappa shape index (κ3) is 13.1. The maximum absolute atomic E-state index is 11.8. The number of benzene rings is 6. The van der Waals surface area contributed by atoms with E-state index < -0.39 is 0 Å². The van der Waals surface area contributed by atoms with Gasteiger partial charge < -0.3 is 15.3 Å². The predicted octanol–water partition coefficient (Wildman–Crippen LogP) is 10.4. The molecule has 0 bridgehead atoms. The van der Waals surface area contributed by atoms with Crippen LogP contribution in [-0.2, 0) is 17.1 Å². The molecule has 1 radical (unpaired) electrons. The molecule has 0 spiro atoms. The van der Waals surface area contributed by atoms with Gasteiger partial charge in [-0.1, -0.05) is 182 Å². The molecule has 3 N–H and O–H groups in total. The molecule has 0 saturated carbocycles. The molecule has 0 aliphatic carbocycles. The molecular weight excluding hydrogens is 692 g/mol. The number of hydrogen-bond donors (Lipinski definition) is 3. The van der Waals surface area contributed by atoms with Crippen molar-refractivity contribution in [1.29, 1.82) is 0 Å². The Hall–Kier alpha value is -6.53. The van der Waals surface area contributed by atoms with Gasteiger partial charge in [0, 0.05) is 51.6 Å². The summed E-state index contributed by atoms with van der Waals surface area (Å²) in [4.78, 5) is 35.4. The Labute approximate surface area is 313 Å². The van der Waals surface area contributed by atoms with Gasteiger partial charge >= 0.3 is 17.1 Å². The number of aliphatic hydroxyl groups excluding tert-OH is 3. The smallest absolute Gasteiger partial charge is 0.507 e. The Kier molecular flexibility index (Phi) is 16.5. The molecule has 52 heavy (non-hydrogen) atoms. The van der Waals surface area contributed by atoms with E-state index in [-0.39, 0.29) is 51.7 Å². The number of rotatable bonds is 9. The van der Waals surface area contributed by atoms with Gasteiger partial charge in [-0.2, -0.15) is 0 Å². The van der Waals surface area contributed by atoms with Crippen LogP contribution in [0.25, 0.3) is 17.3 Å². The minimum Gasteiger partial charge on any atom is -0.507 e. The average molecular weight is 729 g/mol. The van der Waals surface area contributed by atoms with Crippen LogP contribution in [0.1, 0.15) is 47.8 Å². The van der Waals surface area contributed by atoms with Crippen molar-refractivity contribution in [3.05, 3.63) is 234 Å². The molecule has 0 unspecified atom stereocenters. The zero-order chi connectivity index (χ0) is 36.3. The Bertz CT molecular complexity index is 1830. The fourth-order valence-corrected chi connectivity index (χ4v) is 4.51. The number of ketones is 3. The molecule has 0 saturated heterocycles. The van der Waals surface area contributed by atoms with Crippen molar-refractivity contribution in [3.63, 3.8) is 0 Å². The van der Waals surface area contributed by atoms with Crippen molar-refractivity contribution in [2.45, 2.75) is 0 Å². The van der Waals surface area contributed by atoms with Gasteiger partial charge in [0.05, 0.1) is 0 Å². The third-order valence-electron chi connectivity index (χ3n) is 7.19. The molecule has 6 nitrogen and oxygen atoms in total. The number of carbonyl (C=O) groups is 3.